The zero-order valence-corrected chi connectivity index (χ0v) is 21.6. The van der Waals surface area contributed by atoms with Crippen molar-refractivity contribution in [1.29, 1.82) is 0 Å². The summed E-state index contributed by atoms with van der Waals surface area (Å²) in [6.45, 7) is 4.29. The van der Waals surface area contributed by atoms with E-state index in [1.807, 2.05) is 36.5 Å². The van der Waals surface area contributed by atoms with Crippen molar-refractivity contribution in [3.05, 3.63) is 120 Å². The first-order chi connectivity index (χ1) is 19.1. The Morgan fingerprint density at radius 2 is 1.51 bits per heavy atom. The summed E-state index contributed by atoms with van der Waals surface area (Å²) in [7, 11) is 0. The summed E-state index contributed by atoms with van der Waals surface area (Å²) in [5.41, 5.74) is 7.41. The minimum Gasteiger partial charge on any atom is -0.506 e. The van der Waals surface area contributed by atoms with Crippen LogP contribution in [0.3, 0.4) is 0 Å². The molecule has 0 fully saturated rings. The van der Waals surface area contributed by atoms with Crippen LogP contribution in [0.5, 0.6) is 17.4 Å². The molecule has 0 radical (unpaired) electrons. The largest absolute Gasteiger partial charge is 0.506 e. The topological polar surface area (TPSA) is 60.2 Å². The molecule has 39 heavy (non-hydrogen) atoms. The summed E-state index contributed by atoms with van der Waals surface area (Å²) in [4.78, 5) is 9.35. The smallest absolute Gasteiger partial charge is 0.219 e. The lowest BCUT2D eigenvalue weighted by molar-refractivity contribution is 0.460. The second-order valence-corrected chi connectivity index (χ2v) is 9.80. The fraction of sp³-hybridized carbons (Fsp3) is 0.0588. The maximum Gasteiger partial charge on any atom is 0.219 e. The highest BCUT2D eigenvalue weighted by molar-refractivity contribution is 6.09. The maximum atomic E-state index is 10.3. The minimum atomic E-state index is 0.128. The molecule has 5 nitrogen and oxygen atoms in total. The Hall–Kier alpha value is -5.16. The highest BCUT2D eigenvalue weighted by atomic mass is 16.5. The van der Waals surface area contributed by atoms with E-state index in [1.165, 1.54) is 16.7 Å². The average molecular weight is 508 g/mol. The first-order valence-corrected chi connectivity index (χ1v) is 12.9. The summed E-state index contributed by atoms with van der Waals surface area (Å²) in [6, 6.07) is 34.1. The second kappa shape index (κ2) is 8.99. The van der Waals surface area contributed by atoms with Gasteiger partial charge in [0.25, 0.3) is 0 Å². The van der Waals surface area contributed by atoms with Crippen molar-refractivity contribution < 1.29 is 9.84 Å². The number of phenolic OH excluding ortho intramolecular Hbond substituents is 1. The Balaban J connectivity index is 1.39. The van der Waals surface area contributed by atoms with Gasteiger partial charge in [-0.2, -0.15) is 0 Å². The van der Waals surface area contributed by atoms with Crippen LogP contribution in [0, 0.1) is 13.8 Å². The number of hydrogen-bond donors (Lipinski definition) is 1. The van der Waals surface area contributed by atoms with Gasteiger partial charge in [-0.05, 0) is 78.6 Å². The molecule has 7 rings (SSSR count). The number of benzene rings is 4. The molecule has 7 aromatic rings. The van der Waals surface area contributed by atoms with E-state index >= 15 is 0 Å². The number of hydrogen-bond acceptors (Lipinski definition) is 4. The van der Waals surface area contributed by atoms with Crippen LogP contribution in [0.4, 0.5) is 0 Å². The lowest BCUT2D eigenvalue weighted by Gasteiger charge is -2.13. The monoisotopic (exact) mass is 507 g/mol. The number of aromatic nitrogens is 3. The van der Waals surface area contributed by atoms with Gasteiger partial charge in [0.2, 0.25) is 5.88 Å². The van der Waals surface area contributed by atoms with Gasteiger partial charge in [-0.3, -0.25) is 4.57 Å². The summed E-state index contributed by atoms with van der Waals surface area (Å²) >= 11 is 0. The Bertz CT molecular complexity index is 2020. The number of aryl methyl sites for hydroxylation is 2. The summed E-state index contributed by atoms with van der Waals surface area (Å²) in [5, 5.41) is 13.4. The van der Waals surface area contributed by atoms with E-state index in [1.54, 1.807) is 12.1 Å². The molecule has 0 saturated carbocycles. The van der Waals surface area contributed by atoms with Gasteiger partial charge in [0.1, 0.15) is 22.8 Å². The van der Waals surface area contributed by atoms with Crippen LogP contribution in [-0.2, 0) is 0 Å². The number of ether oxygens (including phenoxy) is 1. The molecule has 0 aliphatic heterocycles. The zero-order valence-electron chi connectivity index (χ0n) is 21.6. The van der Waals surface area contributed by atoms with Gasteiger partial charge >= 0.3 is 0 Å². The first-order valence-electron chi connectivity index (χ1n) is 12.9. The van der Waals surface area contributed by atoms with Crippen LogP contribution in [0.15, 0.2) is 109 Å². The highest BCUT2D eigenvalue weighted by Gasteiger charge is 2.16. The Morgan fingerprint density at radius 3 is 2.38 bits per heavy atom. The normalized spacial score (nSPS) is 11.4. The van der Waals surface area contributed by atoms with Gasteiger partial charge in [-0.1, -0.05) is 48.5 Å². The van der Waals surface area contributed by atoms with E-state index < -0.39 is 0 Å². The first kappa shape index (κ1) is 23.0. The van der Waals surface area contributed by atoms with Gasteiger partial charge in [0.05, 0.1) is 11.0 Å². The molecular weight excluding hydrogens is 482 g/mol. The van der Waals surface area contributed by atoms with Gasteiger partial charge in [0.15, 0.2) is 0 Å². The third-order valence-corrected chi connectivity index (χ3v) is 7.29. The van der Waals surface area contributed by atoms with E-state index in [4.69, 9.17) is 9.72 Å². The summed E-state index contributed by atoms with van der Waals surface area (Å²) < 4.78 is 8.39. The predicted molar refractivity (Wildman–Crippen MR) is 157 cm³/mol. The molecule has 0 spiro atoms. The quantitative estimate of drug-likeness (QED) is 0.259. The van der Waals surface area contributed by atoms with Crippen molar-refractivity contribution in [1.82, 2.24) is 14.5 Å². The lowest BCUT2D eigenvalue weighted by atomic mass is 9.96. The number of pyridine rings is 2. The molecule has 0 aliphatic carbocycles. The van der Waals surface area contributed by atoms with E-state index in [0.29, 0.717) is 17.1 Å². The molecular formula is C34H25N3O2. The molecule has 1 N–H and O–H groups in total. The summed E-state index contributed by atoms with van der Waals surface area (Å²) in [6.07, 6.45) is 1.88. The maximum absolute atomic E-state index is 10.3. The minimum absolute atomic E-state index is 0.128. The third kappa shape index (κ3) is 3.87. The van der Waals surface area contributed by atoms with Crippen molar-refractivity contribution in [2.24, 2.45) is 0 Å². The number of nitrogens with zero attached hydrogens (tertiary/aromatic N) is 3. The lowest BCUT2D eigenvalue weighted by Crippen LogP contribution is -1.98. The van der Waals surface area contributed by atoms with Crippen LogP contribution in [-0.4, -0.2) is 19.6 Å². The van der Waals surface area contributed by atoms with Crippen molar-refractivity contribution in [3.8, 4) is 34.3 Å². The molecule has 0 bridgehead atoms. The fourth-order valence-electron chi connectivity index (χ4n) is 5.52. The van der Waals surface area contributed by atoms with Crippen molar-refractivity contribution in [2.75, 3.05) is 0 Å². The van der Waals surface area contributed by atoms with Gasteiger partial charge in [0, 0.05) is 34.5 Å². The standard InChI is InChI=1S/C34H25N3O2/c1-21-7-5-8-22(2)33(21)24-17-18-35-31(19-24)37-28-11-4-3-10-26(28)27-15-14-25(20-29(27)37)39-32-16-13-23-9-6-12-30(38)34(23)36-32/h3-20,38H,1-2H3. The fourth-order valence-corrected chi connectivity index (χ4v) is 5.52. The number of fused-ring (bicyclic) bond motifs is 4. The number of aromatic hydroxyl groups is 1. The van der Waals surface area contributed by atoms with Crippen molar-refractivity contribution in [2.45, 2.75) is 13.8 Å². The molecule has 0 saturated heterocycles. The SMILES string of the molecule is Cc1cccc(C)c1-c1ccnc(-n2c3ccccc3c3ccc(Oc4ccc5cccc(O)c5n4)cc32)c1. The van der Waals surface area contributed by atoms with Crippen molar-refractivity contribution in [3.63, 3.8) is 0 Å². The third-order valence-electron chi connectivity index (χ3n) is 7.29. The van der Waals surface area contributed by atoms with E-state index in [-0.39, 0.29) is 5.75 Å². The average Bonchev–Trinajstić information content (AvgIpc) is 3.27. The number of para-hydroxylation sites is 2. The van der Waals surface area contributed by atoms with Crippen molar-refractivity contribution >= 4 is 32.7 Å². The van der Waals surface area contributed by atoms with E-state index in [2.05, 4.69) is 84.1 Å². The number of phenols is 1. The van der Waals surface area contributed by atoms with Crippen LogP contribution in [0.25, 0.3) is 49.7 Å². The molecule has 188 valence electrons. The van der Waals surface area contributed by atoms with Crippen LogP contribution < -0.4 is 4.74 Å². The van der Waals surface area contributed by atoms with E-state index in [9.17, 15) is 5.11 Å². The predicted octanol–water partition coefficient (Wildman–Crippen LogP) is 8.51. The zero-order chi connectivity index (χ0) is 26.5. The van der Waals surface area contributed by atoms with E-state index in [0.717, 1.165) is 38.6 Å². The Kier molecular flexibility index (Phi) is 5.30. The molecule has 3 heterocycles. The van der Waals surface area contributed by atoms with Gasteiger partial charge in [-0.25, -0.2) is 9.97 Å². The van der Waals surface area contributed by atoms with Crippen LogP contribution >= 0.6 is 0 Å². The molecule has 3 aromatic heterocycles. The molecule has 0 atom stereocenters. The van der Waals surface area contributed by atoms with Crippen LogP contribution in [0.2, 0.25) is 0 Å². The van der Waals surface area contributed by atoms with Gasteiger partial charge < -0.3 is 9.84 Å². The Labute approximate surface area is 225 Å². The van der Waals surface area contributed by atoms with Crippen LogP contribution in [0.1, 0.15) is 11.1 Å². The highest BCUT2D eigenvalue weighted by Crippen LogP contribution is 2.36. The number of rotatable bonds is 4. The molecule has 5 heteroatoms. The molecule has 0 amide bonds. The summed E-state index contributed by atoms with van der Waals surface area (Å²) in [5.74, 6) is 2.04. The second-order valence-electron chi connectivity index (χ2n) is 9.80. The molecule has 0 unspecified atom stereocenters. The Morgan fingerprint density at radius 1 is 0.718 bits per heavy atom. The molecule has 0 aliphatic rings. The molecule has 4 aromatic carbocycles. The van der Waals surface area contributed by atoms with Gasteiger partial charge in [-0.15, -0.1) is 0 Å².